The molecule has 0 bridgehead atoms. The Morgan fingerprint density at radius 2 is 1.70 bits per heavy atom. The summed E-state index contributed by atoms with van der Waals surface area (Å²) in [5.74, 6) is -0.627. The van der Waals surface area contributed by atoms with Crippen molar-refractivity contribution in [2.75, 3.05) is 5.32 Å². The molecule has 3 aromatic rings. The second-order valence-corrected chi connectivity index (χ2v) is 5.29. The summed E-state index contributed by atoms with van der Waals surface area (Å²) in [7, 11) is 0. The first-order chi connectivity index (χ1) is 11.2. The lowest BCUT2D eigenvalue weighted by Gasteiger charge is -2.05. The Morgan fingerprint density at radius 1 is 0.957 bits per heavy atom. The second kappa shape index (κ2) is 6.92. The van der Waals surface area contributed by atoms with Crippen LogP contribution < -0.4 is 5.32 Å². The molecule has 0 saturated carbocycles. The van der Waals surface area contributed by atoms with Crippen molar-refractivity contribution in [2.24, 2.45) is 0 Å². The Bertz CT molecular complexity index is 796. The third-order valence-corrected chi connectivity index (χ3v) is 3.60. The molecule has 1 amide bonds. The maximum absolute atomic E-state index is 13.5. The van der Waals surface area contributed by atoms with E-state index in [1.807, 2.05) is 42.5 Å². The van der Waals surface area contributed by atoms with Crippen LogP contribution in [-0.2, 0) is 11.2 Å². The van der Waals surface area contributed by atoms with E-state index in [0.29, 0.717) is 12.8 Å². The van der Waals surface area contributed by atoms with E-state index in [0.717, 1.165) is 17.0 Å². The van der Waals surface area contributed by atoms with Gasteiger partial charge in [-0.25, -0.2) is 4.39 Å². The molecule has 0 unspecified atom stereocenters. The fourth-order valence-electron chi connectivity index (χ4n) is 2.40. The second-order valence-electron chi connectivity index (χ2n) is 5.29. The maximum Gasteiger partial charge on any atom is 0.224 e. The summed E-state index contributed by atoms with van der Waals surface area (Å²) in [6.45, 7) is 0. The van der Waals surface area contributed by atoms with Gasteiger partial charge in [-0.2, -0.15) is 0 Å². The number of carbonyl (C=O) groups excluding carboxylic acids is 1. The van der Waals surface area contributed by atoms with Gasteiger partial charge in [0.2, 0.25) is 5.91 Å². The first-order valence-electron chi connectivity index (χ1n) is 7.50. The van der Waals surface area contributed by atoms with E-state index >= 15 is 0 Å². The Labute approximate surface area is 134 Å². The Balaban J connectivity index is 1.58. The van der Waals surface area contributed by atoms with Crippen LogP contribution in [0.4, 0.5) is 10.1 Å². The third kappa shape index (κ3) is 3.86. The Morgan fingerprint density at radius 3 is 2.48 bits per heavy atom. The summed E-state index contributed by atoms with van der Waals surface area (Å²) in [4.78, 5) is 15.2. The lowest BCUT2D eigenvalue weighted by molar-refractivity contribution is -0.116. The summed E-state index contributed by atoms with van der Waals surface area (Å²) in [6.07, 6.45) is 0.871. The fraction of sp³-hybridized carbons (Fsp3) is 0.105. The molecular formula is C19H17FN2O. The standard InChI is InChI=1S/C19H17FN2O/c20-16-8-4-5-9-18(16)22-19(23)13-11-15-10-12-17(21-15)14-6-2-1-3-7-14/h1-10,12,21H,11,13H2,(H,22,23). The Kier molecular flexibility index (Phi) is 4.52. The molecule has 3 nitrogen and oxygen atoms in total. The van der Waals surface area contributed by atoms with Crippen molar-refractivity contribution in [3.63, 3.8) is 0 Å². The quantitative estimate of drug-likeness (QED) is 0.721. The smallest absolute Gasteiger partial charge is 0.224 e. The van der Waals surface area contributed by atoms with E-state index in [9.17, 15) is 9.18 Å². The van der Waals surface area contributed by atoms with Crippen LogP contribution in [0.2, 0.25) is 0 Å². The van der Waals surface area contributed by atoms with Gasteiger partial charge in [0.25, 0.3) is 0 Å². The van der Waals surface area contributed by atoms with Crippen molar-refractivity contribution in [1.29, 1.82) is 0 Å². The highest BCUT2D eigenvalue weighted by Crippen LogP contribution is 2.19. The van der Waals surface area contributed by atoms with Gasteiger partial charge in [0, 0.05) is 17.8 Å². The summed E-state index contributed by atoms with van der Waals surface area (Å²) >= 11 is 0. The number of benzene rings is 2. The predicted octanol–water partition coefficient (Wildman–Crippen LogP) is 4.39. The number of carbonyl (C=O) groups is 1. The summed E-state index contributed by atoms with van der Waals surface area (Å²) in [5, 5.41) is 2.59. The number of amides is 1. The minimum Gasteiger partial charge on any atom is -0.358 e. The third-order valence-electron chi connectivity index (χ3n) is 3.60. The molecular weight excluding hydrogens is 291 g/mol. The molecule has 4 heteroatoms. The molecule has 0 aliphatic rings. The molecule has 0 fully saturated rings. The van der Waals surface area contributed by atoms with Crippen molar-refractivity contribution in [2.45, 2.75) is 12.8 Å². The highest BCUT2D eigenvalue weighted by Gasteiger charge is 2.08. The van der Waals surface area contributed by atoms with Gasteiger partial charge in [-0.15, -0.1) is 0 Å². The van der Waals surface area contributed by atoms with Crippen LogP contribution in [0.25, 0.3) is 11.3 Å². The minimum absolute atomic E-state index is 0.203. The van der Waals surface area contributed by atoms with E-state index in [2.05, 4.69) is 10.3 Å². The van der Waals surface area contributed by atoms with Gasteiger partial charge in [-0.3, -0.25) is 4.79 Å². The van der Waals surface area contributed by atoms with Crippen LogP contribution in [-0.4, -0.2) is 10.9 Å². The van der Waals surface area contributed by atoms with Gasteiger partial charge in [0.1, 0.15) is 5.82 Å². The van der Waals surface area contributed by atoms with Crippen molar-refractivity contribution in [1.82, 2.24) is 4.98 Å². The topological polar surface area (TPSA) is 44.9 Å². The molecule has 1 heterocycles. The highest BCUT2D eigenvalue weighted by molar-refractivity contribution is 5.90. The van der Waals surface area contributed by atoms with Crippen molar-refractivity contribution >= 4 is 11.6 Å². The number of hydrogen-bond acceptors (Lipinski definition) is 1. The molecule has 0 atom stereocenters. The molecule has 116 valence electrons. The number of H-pyrrole nitrogens is 1. The molecule has 2 N–H and O–H groups in total. The number of nitrogens with one attached hydrogen (secondary N) is 2. The first kappa shape index (κ1) is 15.0. The summed E-state index contributed by atoms with van der Waals surface area (Å²) in [5.41, 5.74) is 3.33. The van der Waals surface area contributed by atoms with Crippen LogP contribution in [0.15, 0.2) is 66.7 Å². The zero-order valence-electron chi connectivity index (χ0n) is 12.6. The SMILES string of the molecule is O=C(CCc1ccc(-c2ccccc2)[nH]1)Nc1ccccc1F. The Hall–Kier alpha value is -2.88. The molecule has 0 saturated heterocycles. The molecule has 2 aromatic carbocycles. The fourth-order valence-corrected chi connectivity index (χ4v) is 2.40. The first-order valence-corrected chi connectivity index (χ1v) is 7.50. The van der Waals surface area contributed by atoms with E-state index < -0.39 is 5.82 Å². The van der Waals surface area contributed by atoms with Gasteiger partial charge in [-0.1, -0.05) is 42.5 Å². The number of para-hydroxylation sites is 1. The number of aryl methyl sites for hydroxylation is 1. The van der Waals surface area contributed by atoms with Crippen molar-refractivity contribution in [3.8, 4) is 11.3 Å². The highest BCUT2D eigenvalue weighted by atomic mass is 19.1. The molecule has 3 rings (SSSR count). The van der Waals surface area contributed by atoms with Crippen LogP contribution >= 0.6 is 0 Å². The number of hydrogen-bond donors (Lipinski definition) is 2. The van der Waals surface area contributed by atoms with Crippen molar-refractivity contribution < 1.29 is 9.18 Å². The monoisotopic (exact) mass is 308 g/mol. The summed E-state index contributed by atoms with van der Waals surface area (Å²) < 4.78 is 13.5. The maximum atomic E-state index is 13.5. The molecule has 0 radical (unpaired) electrons. The number of aromatic amines is 1. The zero-order valence-corrected chi connectivity index (χ0v) is 12.6. The van der Waals surface area contributed by atoms with Gasteiger partial charge in [0.15, 0.2) is 0 Å². The average molecular weight is 308 g/mol. The van der Waals surface area contributed by atoms with Crippen LogP contribution in [0.3, 0.4) is 0 Å². The number of halogens is 1. The van der Waals surface area contributed by atoms with E-state index in [4.69, 9.17) is 0 Å². The molecule has 23 heavy (non-hydrogen) atoms. The summed E-state index contributed by atoms with van der Waals surface area (Å²) in [6, 6.07) is 20.1. The van der Waals surface area contributed by atoms with Gasteiger partial charge >= 0.3 is 0 Å². The van der Waals surface area contributed by atoms with Gasteiger partial charge < -0.3 is 10.3 Å². The molecule has 0 aliphatic carbocycles. The van der Waals surface area contributed by atoms with Gasteiger partial charge in [0.05, 0.1) is 5.69 Å². The minimum atomic E-state index is -0.424. The zero-order chi connectivity index (χ0) is 16.1. The van der Waals surface area contributed by atoms with E-state index in [1.165, 1.54) is 6.07 Å². The van der Waals surface area contributed by atoms with E-state index in [1.54, 1.807) is 18.2 Å². The van der Waals surface area contributed by atoms with E-state index in [-0.39, 0.29) is 11.6 Å². The molecule has 1 aromatic heterocycles. The number of anilines is 1. The lowest BCUT2D eigenvalue weighted by atomic mass is 10.2. The lowest BCUT2D eigenvalue weighted by Crippen LogP contribution is -2.13. The van der Waals surface area contributed by atoms with Crippen LogP contribution in [0.5, 0.6) is 0 Å². The van der Waals surface area contributed by atoms with Crippen LogP contribution in [0.1, 0.15) is 12.1 Å². The normalized spacial score (nSPS) is 10.5. The largest absolute Gasteiger partial charge is 0.358 e. The molecule has 0 aliphatic heterocycles. The predicted molar refractivity (Wildman–Crippen MR) is 89.6 cm³/mol. The number of aromatic nitrogens is 1. The average Bonchev–Trinajstić information content (AvgIpc) is 3.05. The van der Waals surface area contributed by atoms with Gasteiger partial charge in [-0.05, 0) is 36.2 Å². The van der Waals surface area contributed by atoms with Crippen molar-refractivity contribution in [3.05, 3.63) is 78.2 Å². The number of rotatable bonds is 5. The van der Waals surface area contributed by atoms with Crippen LogP contribution in [0, 0.1) is 5.82 Å². The molecule has 0 spiro atoms.